The molecule has 1 aromatic heterocycles. The fraction of sp³-hybridized carbons (Fsp3) is 0.438. The Bertz CT molecular complexity index is 561. The van der Waals surface area contributed by atoms with Gasteiger partial charge in [-0.25, -0.2) is 0 Å². The SMILES string of the molecule is CC(C)CN(c1ccc(N)c2ccncc12)C(C)C. The molecule has 0 aliphatic heterocycles. The molecule has 2 N–H and O–H groups in total. The Morgan fingerprint density at radius 1 is 1.11 bits per heavy atom. The molecule has 19 heavy (non-hydrogen) atoms. The van der Waals surface area contributed by atoms with E-state index in [1.165, 1.54) is 5.69 Å². The van der Waals surface area contributed by atoms with Crippen molar-refractivity contribution >= 4 is 22.1 Å². The van der Waals surface area contributed by atoms with E-state index < -0.39 is 0 Å². The van der Waals surface area contributed by atoms with Crippen LogP contribution < -0.4 is 10.6 Å². The molecule has 0 saturated carbocycles. The largest absolute Gasteiger partial charge is 0.398 e. The summed E-state index contributed by atoms with van der Waals surface area (Å²) >= 11 is 0. The highest BCUT2D eigenvalue weighted by atomic mass is 15.2. The number of hydrogen-bond donors (Lipinski definition) is 1. The topological polar surface area (TPSA) is 42.1 Å². The summed E-state index contributed by atoms with van der Waals surface area (Å²) in [6.45, 7) is 9.97. The fourth-order valence-electron chi connectivity index (χ4n) is 2.43. The summed E-state index contributed by atoms with van der Waals surface area (Å²) in [5.74, 6) is 0.617. The van der Waals surface area contributed by atoms with Crippen LogP contribution in [0.1, 0.15) is 27.7 Å². The Hall–Kier alpha value is -1.77. The van der Waals surface area contributed by atoms with Crippen molar-refractivity contribution in [3.63, 3.8) is 0 Å². The van der Waals surface area contributed by atoms with Crippen LogP contribution >= 0.6 is 0 Å². The first kappa shape index (κ1) is 13.7. The minimum atomic E-state index is 0.453. The number of hydrogen-bond acceptors (Lipinski definition) is 3. The van der Waals surface area contributed by atoms with Crippen LogP contribution in [0.15, 0.2) is 30.6 Å². The smallest absolute Gasteiger partial charge is 0.0465 e. The number of nitrogen functional groups attached to an aromatic ring is 1. The lowest BCUT2D eigenvalue weighted by atomic mass is 10.1. The van der Waals surface area contributed by atoms with Gasteiger partial charge in [0.2, 0.25) is 0 Å². The first-order valence-corrected chi connectivity index (χ1v) is 6.89. The molecule has 0 fully saturated rings. The van der Waals surface area contributed by atoms with Crippen LogP contribution in [0, 0.1) is 5.92 Å². The molecule has 0 spiro atoms. The van der Waals surface area contributed by atoms with E-state index in [0.29, 0.717) is 12.0 Å². The van der Waals surface area contributed by atoms with Crippen LogP contribution in [-0.4, -0.2) is 17.6 Å². The molecule has 0 aliphatic carbocycles. The molecule has 102 valence electrons. The number of aromatic nitrogens is 1. The first-order valence-electron chi connectivity index (χ1n) is 6.89. The normalized spacial score (nSPS) is 11.5. The van der Waals surface area contributed by atoms with Gasteiger partial charge in [0.05, 0.1) is 0 Å². The van der Waals surface area contributed by atoms with E-state index in [1.54, 1.807) is 6.20 Å². The van der Waals surface area contributed by atoms with E-state index in [2.05, 4.69) is 43.6 Å². The Balaban J connectivity index is 2.57. The first-order chi connectivity index (χ1) is 9.00. The molecule has 2 aromatic rings. The summed E-state index contributed by atoms with van der Waals surface area (Å²) in [7, 11) is 0. The zero-order valence-electron chi connectivity index (χ0n) is 12.2. The maximum atomic E-state index is 6.06. The van der Waals surface area contributed by atoms with Crippen LogP contribution in [0.4, 0.5) is 11.4 Å². The van der Waals surface area contributed by atoms with E-state index in [4.69, 9.17) is 5.73 Å². The van der Waals surface area contributed by atoms with Crippen molar-refractivity contribution in [1.82, 2.24) is 4.98 Å². The van der Waals surface area contributed by atoms with E-state index in [0.717, 1.165) is 23.0 Å². The maximum Gasteiger partial charge on any atom is 0.0465 e. The van der Waals surface area contributed by atoms with Gasteiger partial charge in [-0.05, 0) is 38.0 Å². The van der Waals surface area contributed by atoms with Gasteiger partial charge in [0.25, 0.3) is 0 Å². The Morgan fingerprint density at radius 3 is 2.47 bits per heavy atom. The van der Waals surface area contributed by atoms with E-state index in [1.807, 2.05) is 18.3 Å². The van der Waals surface area contributed by atoms with Crippen LogP contribution in [-0.2, 0) is 0 Å². The van der Waals surface area contributed by atoms with Crippen molar-refractivity contribution in [2.75, 3.05) is 17.2 Å². The zero-order chi connectivity index (χ0) is 14.0. The molecular formula is C16H23N3. The highest BCUT2D eigenvalue weighted by Gasteiger charge is 2.15. The van der Waals surface area contributed by atoms with Crippen LogP contribution in [0.2, 0.25) is 0 Å². The van der Waals surface area contributed by atoms with Crippen molar-refractivity contribution in [2.24, 2.45) is 5.92 Å². The van der Waals surface area contributed by atoms with Gasteiger partial charge in [0, 0.05) is 47.1 Å². The third-order valence-electron chi connectivity index (χ3n) is 3.32. The number of pyridine rings is 1. The van der Waals surface area contributed by atoms with Crippen LogP contribution in [0.25, 0.3) is 10.8 Å². The van der Waals surface area contributed by atoms with Crippen molar-refractivity contribution < 1.29 is 0 Å². The summed E-state index contributed by atoms with van der Waals surface area (Å²) in [5.41, 5.74) is 8.09. The second-order valence-electron chi connectivity index (χ2n) is 5.74. The Morgan fingerprint density at radius 2 is 1.84 bits per heavy atom. The van der Waals surface area contributed by atoms with Crippen molar-refractivity contribution in [3.05, 3.63) is 30.6 Å². The minimum absolute atomic E-state index is 0.453. The van der Waals surface area contributed by atoms with Gasteiger partial charge in [0.15, 0.2) is 0 Å². The molecule has 0 radical (unpaired) electrons. The predicted octanol–water partition coefficient (Wildman–Crippen LogP) is 3.69. The van der Waals surface area contributed by atoms with Gasteiger partial charge in [-0.15, -0.1) is 0 Å². The van der Waals surface area contributed by atoms with Crippen molar-refractivity contribution in [2.45, 2.75) is 33.7 Å². The lowest BCUT2D eigenvalue weighted by Gasteiger charge is -2.32. The summed E-state index contributed by atoms with van der Waals surface area (Å²) in [5, 5.41) is 2.22. The molecule has 0 amide bonds. The van der Waals surface area contributed by atoms with E-state index in [9.17, 15) is 0 Å². The summed E-state index contributed by atoms with van der Waals surface area (Å²) < 4.78 is 0. The van der Waals surface area contributed by atoms with Crippen LogP contribution in [0.3, 0.4) is 0 Å². The third kappa shape index (κ3) is 2.80. The summed E-state index contributed by atoms with van der Waals surface area (Å²) in [6.07, 6.45) is 3.71. The molecule has 0 aliphatic rings. The molecule has 0 atom stereocenters. The fourth-order valence-corrected chi connectivity index (χ4v) is 2.43. The van der Waals surface area contributed by atoms with Gasteiger partial charge < -0.3 is 10.6 Å². The molecule has 0 saturated heterocycles. The third-order valence-corrected chi connectivity index (χ3v) is 3.32. The highest BCUT2D eigenvalue weighted by Crippen LogP contribution is 2.31. The molecule has 0 unspecified atom stereocenters. The number of nitrogens with zero attached hydrogens (tertiary/aromatic N) is 2. The Kier molecular flexibility index (Phi) is 3.93. The average molecular weight is 257 g/mol. The van der Waals surface area contributed by atoms with Gasteiger partial charge in [-0.1, -0.05) is 13.8 Å². The zero-order valence-corrected chi connectivity index (χ0v) is 12.2. The molecule has 1 aromatic carbocycles. The van der Waals surface area contributed by atoms with Gasteiger partial charge in [0.1, 0.15) is 0 Å². The number of anilines is 2. The quantitative estimate of drug-likeness (QED) is 0.849. The summed E-state index contributed by atoms with van der Waals surface area (Å²) in [4.78, 5) is 6.68. The minimum Gasteiger partial charge on any atom is -0.398 e. The van der Waals surface area contributed by atoms with Crippen molar-refractivity contribution in [3.8, 4) is 0 Å². The molecule has 1 heterocycles. The average Bonchev–Trinajstić information content (AvgIpc) is 2.37. The predicted molar refractivity (Wildman–Crippen MR) is 83.5 cm³/mol. The number of fused-ring (bicyclic) bond motifs is 1. The Labute approximate surface area is 115 Å². The second-order valence-corrected chi connectivity index (χ2v) is 5.74. The van der Waals surface area contributed by atoms with Gasteiger partial charge in [-0.2, -0.15) is 0 Å². The number of nitrogens with two attached hydrogens (primary N) is 1. The lowest BCUT2D eigenvalue weighted by molar-refractivity contribution is 0.572. The van der Waals surface area contributed by atoms with E-state index >= 15 is 0 Å². The molecule has 0 bridgehead atoms. The molecule has 3 nitrogen and oxygen atoms in total. The van der Waals surface area contributed by atoms with Crippen LogP contribution in [0.5, 0.6) is 0 Å². The molecule has 2 rings (SSSR count). The lowest BCUT2D eigenvalue weighted by Crippen LogP contribution is -2.34. The highest BCUT2D eigenvalue weighted by molar-refractivity contribution is 6.00. The summed E-state index contributed by atoms with van der Waals surface area (Å²) in [6, 6.07) is 6.55. The number of benzene rings is 1. The van der Waals surface area contributed by atoms with Gasteiger partial charge >= 0.3 is 0 Å². The molecular weight excluding hydrogens is 234 g/mol. The maximum absolute atomic E-state index is 6.06. The standard InChI is InChI=1S/C16H23N3/c1-11(2)10-19(12(3)4)16-6-5-15(17)13-7-8-18-9-14(13)16/h5-9,11-12H,10,17H2,1-4H3. The van der Waals surface area contributed by atoms with Crippen molar-refractivity contribution in [1.29, 1.82) is 0 Å². The number of rotatable bonds is 4. The second kappa shape index (κ2) is 5.47. The van der Waals surface area contributed by atoms with E-state index in [-0.39, 0.29) is 0 Å². The van der Waals surface area contributed by atoms with Gasteiger partial charge in [-0.3, -0.25) is 4.98 Å². The monoisotopic (exact) mass is 257 g/mol. The molecule has 3 heteroatoms.